The molecule has 0 bridgehead atoms. The van der Waals surface area contributed by atoms with E-state index in [-0.39, 0.29) is 5.91 Å². The van der Waals surface area contributed by atoms with Crippen LogP contribution in [0.4, 0.5) is 0 Å². The Bertz CT molecular complexity index is 462. The normalized spacial score (nSPS) is 21.2. The summed E-state index contributed by atoms with van der Waals surface area (Å²) in [5.74, 6) is 0.490. The molecule has 2 rings (SSSR count). The van der Waals surface area contributed by atoms with E-state index in [1.54, 1.807) is 37.1 Å². The molecule has 0 radical (unpaired) electrons. The van der Waals surface area contributed by atoms with Gasteiger partial charge in [0.1, 0.15) is 5.75 Å². The molecule has 1 N–H and O–H groups in total. The van der Waals surface area contributed by atoms with Crippen LogP contribution in [0.25, 0.3) is 0 Å². The lowest BCUT2D eigenvalue weighted by Gasteiger charge is -2.17. The molecule has 18 heavy (non-hydrogen) atoms. The number of aliphatic hydroxyl groups excluding tert-OH is 1. The van der Waals surface area contributed by atoms with Crippen molar-refractivity contribution in [1.82, 2.24) is 4.90 Å². The molecule has 1 aliphatic heterocycles. The number of carbonyl (C=O) groups is 1. The highest BCUT2D eigenvalue weighted by atomic mass is 35.5. The third-order valence-electron chi connectivity index (χ3n) is 3.07. The predicted molar refractivity (Wildman–Crippen MR) is 68.8 cm³/mol. The second kappa shape index (κ2) is 5.16. The molecule has 1 aliphatic rings. The summed E-state index contributed by atoms with van der Waals surface area (Å²) in [6.45, 7) is 2.34. The maximum Gasteiger partial charge on any atom is 0.263 e. The van der Waals surface area contributed by atoms with Gasteiger partial charge in [-0.3, -0.25) is 4.79 Å². The highest BCUT2D eigenvalue weighted by Gasteiger charge is 2.31. The number of amides is 1. The van der Waals surface area contributed by atoms with Crippen molar-refractivity contribution in [1.29, 1.82) is 0 Å². The van der Waals surface area contributed by atoms with E-state index < -0.39 is 12.2 Å². The summed E-state index contributed by atoms with van der Waals surface area (Å²) < 4.78 is 5.70. The second-order valence-electron chi connectivity index (χ2n) is 4.51. The Kier molecular flexibility index (Phi) is 3.78. The van der Waals surface area contributed by atoms with E-state index in [1.165, 1.54) is 0 Å². The van der Waals surface area contributed by atoms with Gasteiger partial charge in [-0.05, 0) is 25.1 Å². The van der Waals surface area contributed by atoms with Gasteiger partial charge < -0.3 is 14.7 Å². The Balaban J connectivity index is 2.21. The van der Waals surface area contributed by atoms with Crippen molar-refractivity contribution in [2.24, 2.45) is 0 Å². The quantitative estimate of drug-likeness (QED) is 0.913. The molecule has 1 amide bonds. The lowest BCUT2D eigenvalue weighted by molar-refractivity contribution is -0.132. The molecule has 2 unspecified atom stereocenters. The average Bonchev–Trinajstić information content (AvgIpc) is 2.63. The van der Waals surface area contributed by atoms with E-state index >= 15 is 0 Å². The first-order valence-corrected chi connectivity index (χ1v) is 6.26. The molecule has 1 fully saturated rings. The summed E-state index contributed by atoms with van der Waals surface area (Å²) in [5, 5.41) is 10.2. The third-order valence-corrected chi connectivity index (χ3v) is 3.30. The van der Waals surface area contributed by atoms with E-state index in [2.05, 4.69) is 0 Å². The first kappa shape index (κ1) is 13.2. The van der Waals surface area contributed by atoms with Crippen molar-refractivity contribution in [3.63, 3.8) is 0 Å². The molecule has 1 saturated heterocycles. The standard InChI is InChI=1S/C13H16ClNO3/c1-8(16)10-7-9(14)3-4-11(10)18-12-5-6-15(2)13(12)17/h3-4,7-8,12,16H,5-6H2,1-2H3. The van der Waals surface area contributed by atoms with Crippen molar-refractivity contribution in [2.45, 2.75) is 25.6 Å². The Hall–Kier alpha value is -1.26. The number of rotatable bonds is 3. The molecule has 0 aliphatic carbocycles. The van der Waals surface area contributed by atoms with Crippen molar-refractivity contribution >= 4 is 17.5 Å². The summed E-state index contributed by atoms with van der Waals surface area (Å²) in [4.78, 5) is 13.4. The van der Waals surface area contributed by atoms with Gasteiger partial charge >= 0.3 is 0 Å². The molecule has 1 aromatic carbocycles. The Labute approximate surface area is 111 Å². The highest BCUT2D eigenvalue weighted by molar-refractivity contribution is 6.30. The lowest BCUT2D eigenvalue weighted by Crippen LogP contribution is -2.29. The van der Waals surface area contributed by atoms with Crippen LogP contribution < -0.4 is 4.74 Å². The smallest absolute Gasteiger partial charge is 0.263 e. The molecule has 2 atom stereocenters. The van der Waals surface area contributed by atoms with Crippen LogP contribution in [0.1, 0.15) is 25.0 Å². The van der Waals surface area contributed by atoms with Gasteiger partial charge in [0.2, 0.25) is 0 Å². The molecule has 98 valence electrons. The van der Waals surface area contributed by atoms with Crippen LogP contribution in [0.2, 0.25) is 5.02 Å². The van der Waals surface area contributed by atoms with Crippen LogP contribution >= 0.6 is 11.6 Å². The highest BCUT2D eigenvalue weighted by Crippen LogP contribution is 2.30. The summed E-state index contributed by atoms with van der Waals surface area (Å²) in [5.41, 5.74) is 0.602. The maximum absolute atomic E-state index is 11.8. The topological polar surface area (TPSA) is 49.8 Å². The summed E-state index contributed by atoms with van der Waals surface area (Å²) in [7, 11) is 1.75. The van der Waals surface area contributed by atoms with E-state index in [0.717, 1.165) is 0 Å². The number of halogens is 1. The lowest BCUT2D eigenvalue weighted by atomic mass is 10.1. The molecule has 0 saturated carbocycles. The SMILES string of the molecule is CC(O)c1cc(Cl)ccc1OC1CCN(C)C1=O. The van der Waals surface area contributed by atoms with Gasteiger partial charge in [-0.2, -0.15) is 0 Å². The number of nitrogens with zero attached hydrogens (tertiary/aromatic N) is 1. The molecular weight excluding hydrogens is 254 g/mol. The zero-order valence-corrected chi connectivity index (χ0v) is 11.1. The van der Waals surface area contributed by atoms with E-state index in [0.29, 0.717) is 29.3 Å². The fourth-order valence-electron chi connectivity index (χ4n) is 2.01. The molecule has 5 heteroatoms. The first-order chi connectivity index (χ1) is 8.49. The summed E-state index contributed by atoms with van der Waals surface area (Å²) in [6, 6.07) is 5.03. The third kappa shape index (κ3) is 2.60. The molecule has 1 heterocycles. The van der Waals surface area contributed by atoms with Gasteiger partial charge in [-0.1, -0.05) is 11.6 Å². The van der Waals surface area contributed by atoms with Gasteiger partial charge in [0.05, 0.1) is 6.10 Å². The van der Waals surface area contributed by atoms with Crippen molar-refractivity contribution in [2.75, 3.05) is 13.6 Å². The number of likely N-dealkylation sites (N-methyl/N-ethyl adjacent to an activating group) is 1. The van der Waals surface area contributed by atoms with Crippen LogP contribution in [-0.2, 0) is 4.79 Å². The van der Waals surface area contributed by atoms with E-state index in [9.17, 15) is 9.90 Å². The maximum atomic E-state index is 11.8. The molecular formula is C13H16ClNO3. The molecule has 1 aromatic rings. The first-order valence-electron chi connectivity index (χ1n) is 5.88. The zero-order chi connectivity index (χ0) is 13.3. The van der Waals surface area contributed by atoms with Crippen LogP contribution in [0.15, 0.2) is 18.2 Å². The number of carbonyl (C=O) groups excluding carboxylic acids is 1. The van der Waals surface area contributed by atoms with Gasteiger partial charge in [0.15, 0.2) is 6.10 Å². The van der Waals surface area contributed by atoms with Gasteiger partial charge in [0.25, 0.3) is 5.91 Å². The van der Waals surface area contributed by atoms with Crippen LogP contribution in [-0.4, -0.2) is 35.6 Å². The van der Waals surface area contributed by atoms with Crippen molar-refractivity contribution < 1.29 is 14.6 Å². The minimum Gasteiger partial charge on any atom is -0.480 e. The average molecular weight is 270 g/mol. The van der Waals surface area contributed by atoms with Crippen molar-refractivity contribution in [3.8, 4) is 5.75 Å². The van der Waals surface area contributed by atoms with Gasteiger partial charge in [-0.15, -0.1) is 0 Å². The molecule has 4 nitrogen and oxygen atoms in total. The number of benzene rings is 1. The summed E-state index contributed by atoms with van der Waals surface area (Å²) in [6.07, 6.45) is -0.487. The largest absolute Gasteiger partial charge is 0.480 e. The number of hydrogen-bond acceptors (Lipinski definition) is 3. The van der Waals surface area contributed by atoms with Gasteiger partial charge in [0, 0.05) is 30.6 Å². The molecule has 0 aromatic heterocycles. The minimum absolute atomic E-state index is 0.0264. The van der Waals surface area contributed by atoms with Crippen LogP contribution in [0, 0.1) is 0 Å². The Morgan fingerprint density at radius 1 is 1.56 bits per heavy atom. The second-order valence-corrected chi connectivity index (χ2v) is 4.95. The monoisotopic (exact) mass is 269 g/mol. The number of likely N-dealkylation sites (tertiary alicyclic amines) is 1. The van der Waals surface area contributed by atoms with E-state index in [4.69, 9.17) is 16.3 Å². The van der Waals surface area contributed by atoms with E-state index in [1.807, 2.05) is 0 Å². The van der Waals surface area contributed by atoms with Crippen molar-refractivity contribution in [3.05, 3.63) is 28.8 Å². The summed E-state index contributed by atoms with van der Waals surface area (Å²) >= 11 is 5.89. The Morgan fingerprint density at radius 2 is 2.28 bits per heavy atom. The predicted octanol–water partition coefficient (Wildman–Crippen LogP) is 2.00. The number of aliphatic hydroxyl groups is 1. The fraction of sp³-hybridized carbons (Fsp3) is 0.462. The molecule has 0 spiro atoms. The number of hydrogen-bond donors (Lipinski definition) is 1. The van der Waals surface area contributed by atoms with Gasteiger partial charge in [-0.25, -0.2) is 0 Å². The zero-order valence-electron chi connectivity index (χ0n) is 10.4. The Morgan fingerprint density at radius 3 is 2.83 bits per heavy atom. The van der Waals surface area contributed by atoms with Crippen LogP contribution in [0.3, 0.4) is 0 Å². The minimum atomic E-state index is -0.687. The number of ether oxygens (including phenoxy) is 1. The van der Waals surface area contributed by atoms with Crippen LogP contribution in [0.5, 0.6) is 5.75 Å². The fourth-order valence-corrected chi connectivity index (χ4v) is 2.19.